The van der Waals surface area contributed by atoms with Crippen molar-refractivity contribution in [3.05, 3.63) is 11.4 Å². The lowest BCUT2D eigenvalue weighted by Crippen LogP contribution is -2.25. The SMILES string of the molecule is CCCNc1nc(C)nc(OC2CCCC(C)C2)c1C. The summed E-state index contributed by atoms with van der Waals surface area (Å²) in [5.74, 6) is 3.20. The molecule has 1 aromatic rings. The van der Waals surface area contributed by atoms with E-state index in [4.69, 9.17) is 4.74 Å². The van der Waals surface area contributed by atoms with Crippen LogP contribution in [-0.4, -0.2) is 22.6 Å². The summed E-state index contributed by atoms with van der Waals surface area (Å²) in [4.78, 5) is 8.96. The fourth-order valence-corrected chi connectivity index (χ4v) is 2.78. The molecule has 1 heterocycles. The molecule has 0 bridgehead atoms. The summed E-state index contributed by atoms with van der Waals surface area (Å²) in [6.07, 6.45) is 6.26. The highest BCUT2D eigenvalue weighted by Gasteiger charge is 2.22. The Kier molecular flexibility index (Phi) is 5.21. The summed E-state index contributed by atoms with van der Waals surface area (Å²) >= 11 is 0. The topological polar surface area (TPSA) is 47.0 Å². The number of nitrogens with zero attached hydrogens (tertiary/aromatic N) is 2. The van der Waals surface area contributed by atoms with Crippen LogP contribution in [0, 0.1) is 19.8 Å². The van der Waals surface area contributed by atoms with E-state index in [0.717, 1.165) is 54.8 Å². The van der Waals surface area contributed by atoms with Gasteiger partial charge in [-0.3, -0.25) is 0 Å². The molecule has 1 aliphatic carbocycles. The molecule has 1 saturated carbocycles. The highest BCUT2D eigenvalue weighted by Crippen LogP contribution is 2.29. The van der Waals surface area contributed by atoms with E-state index >= 15 is 0 Å². The second-order valence-corrected chi connectivity index (χ2v) is 5.99. The number of hydrogen-bond donors (Lipinski definition) is 1. The maximum absolute atomic E-state index is 6.17. The van der Waals surface area contributed by atoms with Crippen molar-refractivity contribution in [1.82, 2.24) is 9.97 Å². The van der Waals surface area contributed by atoms with Gasteiger partial charge in [-0.1, -0.05) is 20.3 Å². The zero-order chi connectivity index (χ0) is 14.5. The van der Waals surface area contributed by atoms with Crippen LogP contribution in [0.25, 0.3) is 0 Å². The van der Waals surface area contributed by atoms with Crippen molar-refractivity contribution < 1.29 is 4.74 Å². The maximum Gasteiger partial charge on any atom is 0.222 e. The van der Waals surface area contributed by atoms with E-state index in [-0.39, 0.29) is 0 Å². The molecule has 0 radical (unpaired) electrons. The molecule has 112 valence electrons. The van der Waals surface area contributed by atoms with Gasteiger partial charge in [0.2, 0.25) is 5.88 Å². The molecule has 4 nitrogen and oxygen atoms in total. The predicted octanol–water partition coefficient (Wildman–Crippen LogP) is 3.87. The fourth-order valence-electron chi connectivity index (χ4n) is 2.78. The number of hydrogen-bond acceptors (Lipinski definition) is 4. The molecule has 0 saturated heterocycles. The van der Waals surface area contributed by atoms with Crippen molar-refractivity contribution in [1.29, 1.82) is 0 Å². The molecule has 0 aromatic carbocycles. The Morgan fingerprint density at radius 3 is 2.75 bits per heavy atom. The molecule has 4 heteroatoms. The highest BCUT2D eigenvalue weighted by atomic mass is 16.5. The van der Waals surface area contributed by atoms with E-state index in [0.29, 0.717) is 6.10 Å². The van der Waals surface area contributed by atoms with Crippen molar-refractivity contribution in [2.45, 2.75) is 65.9 Å². The van der Waals surface area contributed by atoms with E-state index in [1.165, 1.54) is 12.8 Å². The van der Waals surface area contributed by atoms with Gasteiger partial charge in [0.25, 0.3) is 0 Å². The van der Waals surface area contributed by atoms with Crippen LogP contribution in [0.2, 0.25) is 0 Å². The molecule has 1 aromatic heterocycles. The summed E-state index contributed by atoms with van der Waals surface area (Å²) in [6, 6.07) is 0. The lowest BCUT2D eigenvalue weighted by Gasteiger charge is -2.27. The minimum Gasteiger partial charge on any atom is -0.474 e. The largest absolute Gasteiger partial charge is 0.474 e. The van der Waals surface area contributed by atoms with Gasteiger partial charge >= 0.3 is 0 Å². The molecule has 1 aliphatic rings. The average Bonchev–Trinajstić information content (AvgIpc) is 2.41. The summed E-state index contributed by atoms with van der Waals surface area (Å²) < 4.78 is 6.17. The van der Waals surface area contributed by atoms with E-state index < -0.39 is 0 Å². The van der Waals surface area contributed by atoms with Crippen LogP contribution in [0.1, 0.15) is 57.3 Å². The van der Waals surface area contributed by atoms with Crippen LogP contribution in [0.15, 0.2) is 0 Å². The molecule has 2 unspecified atom stereocenters. The van der Waals surface area contributed by atoms with Crippen molar-refractivity contribution in [2.75, 3.05) is 11.9 Å². The predicted molar refractivity (Wildman–Crippen MR) is 82.3 cm³/mol. The minimum absolute atomic E-state index is 0.311. The first-order valence-corrected chi connectivity index (χ1v) is 7.86. The Hall–Kier alpha value is -1.32. The normalized spacial score (nSPS) is 22.6. The Morgan fingerprint density at radius 2 is 2.05 bits per heavy atom. The van der Waals surface area contributed by atoms with Gasteiger partial charge in [-0.2, -0.15) is 4.98 Å². The smallest absolute Gasteiger partial charge is 0.222 e. The van der Waals surface area contributed by atoms with Gasteiger partial charge in [-0.05, 0) is 45.4 Å². The summed E-state index contributed by atoms with van der Waals surface area (Å²) in [5, 5.41) is 3.36. The number of aromatic nitrogens is 2. The third-order valence-corrected chi connectivity index (χ3v) is 3.92. The standard InChI is InChI=1S/C16H27N3O/c1-5-9-17-15-12(3)16(19-13(4)18-15)20-14-8-6-7-11(2)10-14/h11,14H,5-10H2,1-4H3,(H,17,18,19). The molecular formula is C16H27N3O. The van der Waals surface area contributed by atoms with Gasteiger partial charge in [0.15, 0.2) is 0 Å². The Balaban J connectivity index is 2.11. The van der Waals surface area contributed by atoms with Gasteiger partial charge in [0.05, 0.1) is 5.56 Å². The lowest BCUT2D eigenvalue weighted by molar-refractivity contribution is 0.122. The zero-order valence-electron chi connectivity index (χ0n) is 13.2. The first kappa shape index (κ1) is 15.1. The number of anilines is 1. The van der Waals surface area contributed by atoms with Crippen molar-refractivity contribution >= 4 is 5.82 Å². The van der Waals surface area contributed by atoms with Gasteiger partial charge in [0.1, 0.15) is 17.7 Å². The van der Waals surface area contributed by atoms with Crippen LogP contribution in [0.4, 0.5) is 5.82 Å². The Morgan fingerprint density at radius 1 is 1.25 bits per heavy atom. The molecule has 0 aliphatic heterocycles. The van der Waals surface area contributed by atoms with Gasteiger partial charge in [-0.25, -0.2) is 4.98 Å². The van der Waals surface area contributed by atoms with Crippen LogP contribution in [0.3, 0.4) is 0 Å². The third kappa shape index (κ3) is 3.84. The lowest BCUT2D eigenvalue weighted by atomic mass is 9.89. The summed E-state index contributed by atoms with van der Waals surface area (Å²) in [6.45, 7) is 9.35. The van der Waals surface area contributed by atoms with Crippen molar-refractivity contribution in [3.63, 3.8) is 0 Å². The zero-order valence-corrected chi connectivity index (χ0v) is 13.2. The molecule has 20 heavy (non-hydrogen) atoms. The highest BCUT2D eigenvalue weighted by molar-refractivity contribution is 5.48. The molecule has 2 atom stereocenters. The minimum atomic E-state index is 0.311. The molecule has 2 rings (SSSR count). The van der Waals surface area contributed by atoms with Crippen LogP contribution in [0.5, 0.6) is 5.88 Å². The summed E-state index contributed by atoms with van der Waals surface area (Å²) in [7, 11) is 0. The average molecular weight is 277 g/mol. The van der Waals surface area contributed by atoms with Crippen molar-refractivity contribution in [2.24, 2.45) is 5.92 Å². The van der Waals surface area contributed by atoms with Crippen LogP contribution in [-0.2, 0) is 0 Å². The van der Waals surface area contributed by atoms with E-state index in [1.54, 1.807) is 0 Å². The van der Waals surface area contributed by atoms with Crippen LogP contribution >= 0.6 is 0 Å². The molecular weight excluding hydrogens is 250 g/mol. The Labute approximate surface area is 122 Å². The summed E-state index contributed by atoms with van der Waals surface area (Å²) in [5.41, 5.74) is 1.03. The molecule has 0 spiro atoms. The number of nitrogens with one attached hydrogen (secondary N) is 1. The van der Waals surface area contributed by atoms with Gasteiger partial charge in [-0.15, -0.1) is 0 Å². The van der Waals surface area contributed by atoms with Crippen molar-refractivity contribution in [3.8, 4) is 5.88 Å². The Bertz CT molecular complexity index is 448. The third-order valence-electron chi connectivity index (χ3n) is 3.92. The first-order chi connectivity index (χ1) is 9.60. The monoisotopic (exact) mass is 277 g/mol. The van der Waals surface area contributed by atoms with Gasteiger partial charge < -0.3 is 10.1 Å². The number of rotatable bonds is 5. The second kappa shape index (κ2) is 6.91. The number of ether oxygens (including phenoxy) is 1. The fraction of sp³-hybridized carbons (Fsp3) is 0.750. The van der Waals surface area contributed by atoms with E-state index in [9.17, 15) is 0 Å². The molecule has 1 N–H and O–H groups in total. The number of aryl methyl sites for hydroxylation is 1. The van der Waals surface area contributed by atoms with E-state index in [1.807, 2.05) is 13.8 Å². The molecule has 1 fully saturated rings. The van der Waals surface area contributed by atoms with E-state index in [2.05, 4.69) is 29.1 Å². The van der Waals surface area contributed by atoms with Crippen LogP contribution < -0.4 is 10.1 Å². The molecule has 0 amide bonds. The van der Waals surface area contributed by atoms with Gasteiger partial charge in [0, 0.05) is 6.54 Å². The first-order valence-electron chi connectivity index (χ1n) is 7.86. The maximum atomic E-state index is 6.17. The quantitative estimate of drug-likeness (QED) is 0.887. The second-order valence-electron chi connectivity index (χ2n) is 5.99.